The van der Waals surface area contributed by atoms with E-state index in [2.05, 4.69) is 32.8 Å². The van der Waals surface area contributed by atoms with Crippen molar-refractivity contribution >= 4 is 29.4 Å². The van der Waals surface area contributed by atoms with Crippen LogP contribution >= 0.6 is 23.6 Å². The summed E-state index contributed by atoms with van der Waals surface area (Å²) in [6, 6.07) is 4.23. The summed E-state index contributed by atoms with van der Waals surface area (Å²) in [5.41, 5.74) is 2.50. The summed E-state index contributed by atoms with van der Waals surface area (Å²) >= 11 is 6.91. The van der Waals surface area contributed by atoms with Crippen LogP contribution in [-0.2, 0) is 12.8 Å². The topological polar surface area (TPSA) is 40.7 Å². The van der Waals surface area contributed by atoms with Crippen LogP contribution in [0.15, 0.2) is 17.5 Å². The quantitative estimate of drug-likeness (QED) is 0.804. The maximum absolute atomic E-state index is 5.13. The van der Waals surface area contributed by atoms with Crippen molar-refractivity contribution < 1.29 is 0 Å². The molecule has 3 nitrogen and oxygen atoms in total. The summed E-state index contributed by atoms with van der Waals surface area (Å²) in [4.78, 5) is 8.86. The number of thiophene rings is 1. The van der Waals surface area contributed by atoms with Gasteiger partial charge in [-0.25, -0.2) is 4.98 Å². The van der Waals surface area contributed by atoms with E-state index in [4.69, 9.17) is 12.2 Å². The van der Waals surface area contributed by atoms with E-state index in [-0.39, 0.29) is 0 Å². The van der Waals surface area contributed by atoms with Crippen LogP contribution in [-0.4, -0.2) is 16.5 Å². The van der Waals surface area contributed by atoms with Crippen LogP contribution in [0, 0.1) is 4.77 Å². The summed E-state index contributed by atoms with van der Waals surface area (Å²) in [6.45, 7) is 0.965. The Morgan fingerprint density at radius 2 is 2.44 bits per heavy atom. The summed E-state index contributed by atoms with van der Waals surface area (Å²) in [5, 5.41) is 5.37. The molecule has 0 saturated heterocycles. The number of hydrogen-bond acceptors (Lipinski definition) is 4. The Kier molecular flexibility index (Phi) is 2.49. The van der Waals surface area contributed by atoms with Crippen molar-refractivity contribution in [1.82, 2.24) is 9.97 Å². The molecule has 0 fully saturated rings. The maximum atomic E-state index is 5.13. The molecular weight excluding hydrogens is 238 g/mol. The van der Waals surface area contributed by atoms with Crippen molar-refractivity contribution in [2.75, 3.05) is 11.9 Å². The largest absolute Gasteiger partial charge is 0.369 e. The minimum absolute atomic E-state index is 0.569. The molecule has 2 aromatic rings. The predicted octanol–water partition coefficient (Wildman–Crippen LogP) is 2.76. The Morgan fingerprint density at radius 3 is 3.25 bits per heavy atom. The second kappa shape index (κ2) is 3.99. The fourth-order valence-electron chi connectivity index (χ4n) is 2.00. The highest BCUT2D eigenvalue weighted by molar-refractivity contribution is 7.71. The molecule has 0 aromatic carbocycles. The molecule has 0 spiro atoms. The Labute approximate surface area is 103 Å². The van der Waals surface area contributed by atoms with Crippen molar-refractivity contribution in [3.8, 4) is 0 Å². The Bertz CT molecular complexity index is 557. The minimum atomic E-state index is 0.569. The number of rotatable bonds is 2. The van der Waals surface area contributed by atoms with Crippen molar-refractivity contribution in [3.05, 3.63) is 38.4 Å². The fraction of sp³-hybridized carbons (Fsp3) is 0.273. The second-order valence-electron chi connectivity index (χ2n) is 3.78. The van der Waals surface area contributed by atoms with Gasteiger partial charge in [-0.15, -0.1) is 11.3 Å². The number of anilines is 1. The lowest BCUT2D eigenvalue weighted by Gasteiger charge is -2.06. The number of hydrogen-bond donors (Lipinski definition) is 2. The average molecular weight is 249 g/mol. The first-order chi connectivity index (χ1) is 7.83. The van der Waals surface area contributed by atoms with Gasteiger partial charge < -0.3 is 10.3 Å². The SMILES string of the molecule is S=c1nc2c(c(Cc3cccs3)[nH]1)CCN2. The zero-order valence-corrected chi connectivity index (χ0v) is 10.3. The van der Waals surface area contributed by atoms with Crippen molar-refractivity contribution in [1.29, 1.82) is 0 Å². The third-order valence-corrected chi connectivity index (χ3v) is 3.79. The van der Waals surface area contributed by atoms with Crippen LogP contribution in [0.2, 0.25) is 0 Å². The van der Waals surface area contributed by atoms with Gasteiger partial charge in [0, 0.05) is 29.1 Å². The van der Waals surface area contributed by atoms with Gasteiger partial charge in [-0.2, -0.15) is 0 Å². The van der Waals surface area contributed by atoms with Gasteiger partial charge in [0.25, 0.3) is 0 Å². The molecule has 0 atom stereocenters. The van der Waals surface area contributed by atoms with Crippen LogP contribution in [0.5, 0.6) is 0 Å². The molecule has 82 valence electrons. The van der Waals surface area contributed by atoms with E-state index in [1.807, 2.05) is 0 Å². The van der Waals surface area contributed by atoms with Crippen LogP contribution in [0.4, 0.5) is 5.82 Å². The molecule has 0 unspecified atom stereocenters. The van der Waals surface area contributed by atoms with Crippen molar-refractivity contribution in [3.63, 3.8) is 0 Å². The van der Waals surface area contributed by atoms with Gasteiger partial charge in [-0.05, 0) is 30.1 Å². The molecule has 0 amide bonds. The van der Waals surface area contributed by atoms with E-state index in [1.165, 1.54) is 16.1 Å². The Balaban J connectivity index is 2.04. The van der Waals surface area contributed by atoms with Crippen LogP contribution in [0.25, 0.3) is 0 Å². The number of aromatic amines is 1. The number of fused-ring (bicyclic) bond motifs is 1. The van der Waals surface area contributed by atoms with Gasteiger partial charge in [-0.3, -0.25) is 0 Å². The first kappa shape index (κ1) is 9.99. The van der Waals surface area contributed by atoms with E-state index in [9.17, 15) is 0 Å². The summed E-state index contributed by atoms with van der Waals surface area (Å²) < 4.78 is 0.569. The zero-order chi connectivity index (χ0) is 11.0. The van der Waals surface area contributed by atoms with E-state index >= 15 is 0 Å². The first-order valence-electron chi connectivity index (χ1n) is 5.21. The average Bonchev–Trinajstić information content (AvgIpc) is 2.87. The molecule has 0 aliphatic carbocycles. The predicted molar refractivity (Wildman–Crippen MR) is 68.7 cm³/mol. The second-order valence-corrected chi connectivity index (χ2v) is 5.20. The molecule has 3 rings (SSSR count). The Morgan fingerprint density at radius 1 is 1.50 bits per heavy atom. The van der Waals surface area contributed by atoms with Gasteiger partial charge in [0.2, 0.25) is 0 Å². The van der Waals surface area contributed by atoms with Crippen LogP contribution in [0.1, 0.15) is 16.1 Å². The van der Waals surface area contributed by atoms with Gasteiger partial charge in [0.15, 0.2) is 4.77 Å². The molecule has 3 heterocycles. The van der Waals surface area contributed by atoms with Gasteiger partial charge >= 0.3 is 0 Å². The Hall–Kier alpha value is -1.20. The molecule has 2 N–H and O–H groups in total. The molecule has 1 aliphatic rings. The van der Waals surface area contributed by atoms with E-state index < -0.39 is 0 Å². The standard InChI is InChI=1S/C11H11N3S2/c15-11-13-9(6-7-2-1-5-16-7)8-3-4-12-10(8)14-11/h1-2,5H,3-4,6H2,(H2,12,13,14,15). The normalized spacial score (nSPS) is 13.5. The first-order valence-corrected chi connectivity index (χ1v) is 6.50. The van der Waals surface area contributed by atoms with E-state index in [0.717, 1.165) is 25.2 Å². The maximum Gasteiger partial charge on any atom is 0.198 e. The summed E-state index contributed by atoms with van der Waals surface area (Å²) in [7, 11) is 0. The van der Waals surface area contributed by atoms with Crippen molar-refractivity contribution in [2.24, 2.45) is 0 Å². The van der Waals surface area contributed by atoms with Gasteiger partial charge in [0.1, 0.15) is 5.82 Å². The number of aromatic nitrogens is 2. The molecular formula is C11H11N3S2. The third-order valence-electron chi connectivity index (χ3n) is 2.72. The highest BCUT2D eigenvalue weighted by atomic mass is 32.1. The third kappa shape index (κ3) is 1.76. The molecule has 0 radical (unpaired) electrons. The smallest absolute Gasteiger partial charge is 0.198 e. The lowest BCUT2D eigenvalue weighted by Crippen LogP contribution is -1.99. The molecule has 2 aromatic heterocycles. The summed E-state index contributed by atoms with van der Waals surface area (Å²) in [6.07, 6.45) is 1.96. The molecule has 5 heteroatoms. The van der Waals surface area contributed by atoms with Crippen LogP contribution < -0.4 is 5.32 Å². The van der Waals surface area contributed by atoms with E-state index in [0.29, 0.717) is 4.77 Å². The van der Waals surface area contributed by atoms with Gasteiger partial charge in [0.05, 0.1) is 0 Å². The molecule has 0 saturated carbocycles. The zero-order valence-electron chi connectivity index (χ0n) is 8.62. The fourth-order valence-corrected chi connectivity index (χ4v) is 2.94. The number of nitrogens with one attached hydrogen (secondary N) is 2. The van der Waals surface area contributed by atoms with Crippen molar-refractivity contribution in [2.45, 2.75) is 12.8 Å². The lowest BCUT2D eigenvalue weighted by molar-refractivity contribution is 0.980. The molecule has 0 bridgehead atoms. The van der Waals surface area contributed by atoms with Crippen LogP contribution in [0.3, 0.4) is 0 Å². The minimum Gasteiger partial charge on any atom is -0.369 e. The number of H-pyrrole nitrogens is 1. The lowest BCUT2D eigenvalue weighted by atomic mass is 10.1. The van der Waals surface area contributed by atoms with Gasteiger partial charge in [-0.1, -0.05) is 6.07 Å². The monoisotopic (exact) mass is 249 g/mol. The molecule has 16 heavy (non-hydrogen) atoms. The number of nitrogens with zero attached hydrogens (tertiary/aromatic N) is 1. The summed E-state index contributed by atoms with van der Waals surface area (Å²) in [5.74, 6) is 0.968. The highest BCUT2D eigenvalue weighted by Crippen LogP contribution is 2.24. The molecule has 1 aliphatic heterocycles. The van der Waals surface area contributed by atoms with E-state index in [1.54, 1.807) is 11.3 Å². The highest BCUT2D eigenvalue weighted by Gasteiger charge is 2.16.